The Kier molecular flexibility index (Phi) is 4.55. The number of rotatable bonds is 5. The fourth-order valence-electron chi connectivity index (χ4n) is 2.90. The van der Waals surface area contributed by atoms with Crippen LogP contribution in [0.3, 0.4) is 0 Å². The molecule has 2 unspecified atom stereocenters. The molecule has 2 N–H and O–H groups in total. The van der Waals surface area contributed by atoms with Crippen LogP contribution in [0.2, 0.25) is 0 Å². The second-order valence-corrected chi connectivity index (χ2v) is 5.52. The van der Waals surface area contributed by atoms with E-state index in [2.05, 4.69) is 10.4 Å². The molecule has 0 aliphatic carbocycles. The highest BCUT2D eigenvalue weighted by Crippen LogP contribution is 2.31. The fourth-order valence-corrected chi connectivity index (χ4v) is 2.90. The van der Waals surface area contributed by atoms with Crippen molar-refractivity contribution < 1.29 is 14.7 Å². The first kappa shape index (κ1) is 14.5. The van der Waals surface area contributed by atoms with Crippen LogP contribution in [0.25, 0.3) is 0 Å². The zero-order chi connectivity index (χ0) is 14.5. The molecular formula is C16H22N2O3. The number of hydrogen-bond acceptors (Lipinski definition) is 5. The monoisotopic (exact) mass is 290 g/mol. The van der Waals surface area contributed by atoms with Crippen LogP contribution in [0.5, 0.6) is 0 Å². The van der Waals surface area contributed by atoms with E-state index in [1.165, 1.54) is 0 Å². The summed E-state index contributed by atoms with van der Waals surface area (Å²) in [6.45, 7) is 4.28. The Morgan fingerprint density at radius 1 is 1.24 bits per heavy atom. The lowest BCUT2D eigenvalue weighted by molar-refractivity contribution is -0.00866. The molecule has 0 bridgehead atoms. The summed E-state index contributed by atoms with van der Waals surface area (Å²) in [5.74, 6) is 0. The Balaban J connectivity index is 1.67. The predicted molar refractivity (Wildman–Crippen MR) is 79.4 cm³/mol. The van der Waals surface area contributed by atoms with Gasteiger partial charge in [0.25, 0.3) is 0 Å². The molecule has 0 saturated carbocycles. The van der Waals surface area contributed by atoms with Gasteiger partial charge in [-0.05, 0) is 18.1 Å². The Bertz CT molecular complexity index is 474. The van der Waals surface area contributed by atoms with Crippen LogP contribution < -0.4 is 5.48 Å². The third kappa shape index (κ3) is 3.11. The van der Waals surface area contributed by atoms with E-state index in [9.17, 15) is 5.11 Å². The Morgan fingerprint density at radius 3 is 2.67 bits per heavy atom. The lowest BCUT2D eigenvalue weighted by Crippen LogP contribution is -2.48. The number of aliphatic hydroxyl groups excluding tert-OH is 1. The average Bonchev–Trinajstić information content (AvgIpc) is 3.05. The van der Waals surface area contributed by atoms with Crippen molar-refractivity contribution in [2.75, 3.05) is 32.8 Å². The molecule has 0 aromatic heterocycles. The van der Waals surface area contributed by atoms with Crippen molar-refractivity contribution in [2.24, 2.45) is 0 Å². The minimum absolute atomic E-state index is 0.554. The van der Waals surface area contributed by atoms with Crippen LogP contribution >= 0.6 is 0 Å². The van der Waals surface area contributed by atoms with Gasteiger partial charge in [-0.2, -0.15) is 0 Å². The Labute approximate surface area is 125 Å². The quantitative estimate of drug-likeness (QED) is 0.848. The molecule has 5 nitrogen and oxygen atoms in total. The predicted octanol–water partition coefficient (Wildman–Crippen LogP) is 1.01. The second kappa shape index (κ2) is 6.58. The lowest BCUT2D eigenvalue weighted by Gasteiger charge is -2.34. The van der Waals surface area contributed by atoms with Crippen LogP contribution in [0.1, 0.15) is 12.0 Å². The average molecular weight is 290 g/mol. The van der Waals surface area contributed by atoms with Crippen molar-refractivity contribution in [1.29, 1.82) is 0 Å². The van der Waals surface area contributed by atoms with E-state index in [1.54, 1.807) is 6.26 Å². The number of hydroxylamine groups is 1. The second-order valence-electron chi connectivity index (χ2n) is 5.52. The molecule has 21 heavy (non-hydrogen) atoms. The first-order valence-electron chi connectivity index (χ1n) is 7.45. The van der Waals surface area contributed by atoms with Crippen molar-refractivity contribution in [2.45, 2.75) is 18.1 Å². The SMILES string of the molecule is OC(CCN1CCOCC1)C1(c2ccccc2)C=CON1. The van der Waals surface area contributed by atoms with Crippen molar-refractivity contribution in [3.63, 3.8) is 0 Å². The Morgan fingerprint density at radius 2 is 2.00 bits per heavy atom. The zero-order valence-corrected chi connectivity index (χ0v) is 12.1. The maximum absolute atomic E-state index is 10.7. The first-order valence-corrected chi connectivity index (χ1v) is 7.45. The maximum atomic E-state index is 10.7. The molecule has 0 amide bonds. The molecule has 3 rings (SSSR count). The van der Waals surface area contributed by atoms with Crippen LogP contribution in [0.4, 0.5) is 0 Å². The number of aliphatic hydroxyl groups is 1. The van der Waals surface area contributed by atoms with Crippen molar-refractivity contribution >= 4 is 0 Å². The molecule has 2 atom stereocenters. The van der Waals surface area contributed by atoms with Crippen molar-refractivity contribution in [3.05, 3.63) is 48.2 Å². The minimum atomic E-state index is -0.659. The first-order chi connectivity index (χ1) is 10.3. The number of morpholine rings is 1. The van der Waals surface area contributed by atoms with E-state index in [1.807, 2.05) is 36.4 Å². The number of hydrogen-bond donors (Lipinski definition) is 2. The summed E-state index contributed by atoms with van der Waals surface area (Å²) in [6.07, 6.45) is 3.62. The summed E-state index contributed by atoms with van der Waals surface area (Å²) in [5.41, 5.74) is 3.32. The van der Waals surface area contributed by atoms with Gasteiger partial charge in [-0.3, -0.25) is 4.90 Å². The van der Waals surface area contributed by atoms with E-state index in [0.717, 1.165) is 38.4 Å². The molecule has 1 aromatic rings. The molecule has 1 saturated heterocycles. The van der Waals surface area contributed by atoms with Gasteiger partial charge in [0.05, 0.1) is 19.3 Å². The molecule has 0 radical (unpaired) electrons. The zero-order valence-electron chi connectivity index (χ0n) is 12.1. The van der Waals surface area contributed by atoms with Crippen molar-refractivity contribution in [3.8, 4) is 0 Å². The molecule has 114 valence electrons. The summed E-state index contributed by atoms with van der Waals surface area (Å²) >= 11 is 0. The van der Waals surface area contributed by atoms with Crippen LogP contribution in [-0.2, 0) is 15.1 Å². The maximum Gasteiger partial charge on any atom is 0.126 e. The highest BCUT2D eigenvalue weighted by molar-refractivity contribution is 5.32. The third-order valence-corrected chi connectivity index (χ3v) is 4.23. The topological polar surface area (TPSA) is 54.0 Å². The lowest BCUT2D eigenvalue weighted by atomic mass is 9.84. The van der Waals surface area contributed by atoms with Gasteiger partial charge in [-0.15, -0.1) is 5.48 Å². The van der Waals surface area contributed by atoms with Crippen LogP contribution in [0, 0.1) is 0 Å². The van der Waals surface area contributed by atoms with Gasteiger partial charge in [0.15, 0.2) is 0 Å². The molecule has 2 aliphatic rings. The van der Waals surface area contributed by atoms with E-state index in [-0.39, 0.29) is 0 Å². The smallest absolute Gasteiger partial charge is 0.126 e. The molecule has 0 spiro atoms. The standard InChI is InChI=1S/C16H22N2O3/c19-15(6-8-18-9-12-20-13-10-18)16(7-11-21-17-16)14-4-2-1-3-5-14/h1-5,7,11,15,17,19H,6,8-10,12-13H2. The molecule has 2 aliphatic heterocycles. The third-order valence-electron chi connectivity index (χ3n) is 4.23. The van der Waals surface area contributed by atoms with E-state index >= 15 is 0 Å². The highest BCUT2D eigenvalue weighted by Gasteiger charge is 2.40. The van der Waals surface area contributed by atoms with E-state index in [0.29, 0.717) is 6.42 Å². The van der Waals surface area contributed by atoms with Gasteiger partial charge in [0.1, 0.15) is 11.8 Å². The van der Waals surface area contributed by atoms with Gasteiger partial charge in [0, 0.05) is 19.6 Å². The minimum Gasteiger partial charge on any atom is -0.416 e. The summed E-state index contributed by atoms with van der Waals surface area (Å²) in [5, 5.41) is 10.7. The van der Waals surface area contributed by atoms with Gasteiger partial charge in [-0.1, -0.05) is 30.3 Å². The molecule has 5 heteroatoms. The van der Waals surface area contributed by atoms with Crippen molar-refractivity contribution in [1.82, 2.24) is 10.4 Å². The molecule has 1 aromatic carbocycles. The summed E-state index contributed by atoms with van der Waals surface area (Å²) < 4.78 is 5.35. The van der Waals surface area contributed by atoms with E-state index < -0.39 is 11.6 Å². The summed E-state index contributed by atoms with van der Waals surface area (Å²) in [7, 11) is 0. The normalized spacial score (nSPS) is 27.5. The van der Waals surface area contributed by atoms with Gasteiger partial charge >= 0.3 is 0 Å². The summed E-state index contributed by atoms with van der Waals surface area (Å²) in [6, 6.07) is 9.92. The number of benzene rings is 1. The van der Waals surface area contributed by atoms with Gasteiger partial charge < -0.3 is 14.7 Å². The number of ether oxygens (including phenoxy) is 1. The fraction of sp³-hybridized carbons (Fsp3) is 0.500. The van der Waals surface area contributed by atoms with Gasteiger partial charge in [-0.25, -0.2) is 0 Å². The Hall–Kier alpha value is -1.40. The van der Waals surface area contributed by atoms with Gasteiger partial charge in [0.2, 0.25) is 0 Å². The van der Waals surface area contributed by atoms with Crippen LogP contribution in [-0.4, -0.2) is 49.0 Å². The highest BCUT2D eigenvalue weighted by atomic mass is 16.6. The van der Waals surface area contributed by atoms with Crippen LogP contribution in [0.15, 0.2) is 42.7 Å². The molecule has 1 fully saturated rings. The molecular weight excluding hydrogens is 268 g/mol. The largest absolute Gasteiger partial charge is 0.416 e. The molecule has 2 heterocycles. The number of nitrogens with zero attached hydrogens (tertiary/aromatic N) is 1. The summed E-state index contributed by atoms with van der Waals surface area (Å²) in [4.78, 5) is 7.53. The number of nitrogens with one attached hydrogen (secondary N) is 1. The van der Waals surface area contributed by atoms with E-state index in [4.69, 9.17) is 9.57 Å².